The Morgan fingerprint density at radius 3 is 2.31 bits per heavy atom. The zero-order chi connectivity index (χ0) is 12.3. The average Bonchev–Trinajstić information content (AvgIpc) is 2.55. The van der Waals surface area contributed by atoms with E-state index in [-0.39, 0.29) is 0 Å². The molecule has 2 rings (SSSR count). The van der Waals surface area contributed by atoms with Crippen molar-refractivity contribution in [1.82, 2.24) is 9.71 Å². The first kappa shape index (κ1) is 12.6. The summed E-state index contributed by atoms with van der Waals surface area (Å²) in [5, 5.41) is 0. The summed E-state index contributed by atoms with van der Waals surface area (Å²) in [4.78, 5) is 9.80. The van der Waals surface area contributed by atoms with E-state index in [0.717, 1.165) is 22.4 Å². The molecule has 3 nitrogen and oxygen atoms in total. The number of rotatable bonds is 1. The second kappa shape index (κ2) is 5.01. The van der Waals surface area contributed by atoms with E-state index >= 15 is 0 Å². The Balaban J connectivity index is 0.000000606. The lowest BCUT2D eigenvalue weighted by Gasteiger charge is -2.04. The zero-order valence-corrected chi connectivity index (χ0v) is 11.0. The standard InChI is InChI=1S/C11H14N2O.C2H6/c1-7-5-6-10-11(12-7)8(2)9(3)13(10)14-4;1-2/h5-6H,1-4H3;1-2H3. The Labute approximate surface area is 97.0 Å². The molecule has 2 aromatic rings. The molecule has 0 aliphatic carbocycles. The highest BCUT2D eigenvalue weighted by molar-refractivity contribution is 5.80. The molecule has 16 heavy (non-hydrogen) atoms. The van der Waals surface area contributed by atoms with Crippen LogP contribution in [-0.2, 0) is 0 Å². The molecule has 0 saturated heterocycles. The topological polar surface area (TPSA) is 27.1 Å². The third-order valence-electron chi connectivity index (χ3n) is 2.62. The van der Waals surface area contributed by atoms with E-state index in [1.165, 1.54) is 5.56 Å². The zero-order valence-electron chi connectivity index (χ0n) is 11.0. The molecule has 0 spiro atoms. The van der Waals surface area contributed by atoms with E-state index in [9.17, 15) is 0 Å². The summed E-state index contributed by atoms with van der Waals surface area (Å²) in [6.45, 7) is 10.1. The number of hydrogen-bond acceptors (Lipinski definition) is 2. The van der Waals surface area contributed by atoms with Crippen LogP contribution in [0.4, 0.5) is 0 Å². The van der Waals surface area contributed by atoms with Crippen LogP contribution in [0.25, 0.3) is 11.0 Å². The number of pyridine rings is 1. The quantitative estimate of drug-likeness (QED) is 0.738. The van der Waals surface area contributed by atoms with Gasteiger partial charge in [0.2, 0.25) is 0 Å². The molecule has 0 amide bonds. The molecule has 0 saturated carbocycles. The number of nitrogens with zero attached hydrogens (tertiary/aromatic N) is 2. The number of aryl methyl sites for hydroxylation is 2. The van der Waals surface area contributed by atoms with Crippen LogP contribution in [0.2, 0.25) is 0 Å². The van der Waals surface area contributed by atoms with Gasteiger partial charge in [-0.15, -0.1) is 0 Å². The second-order valence-corrected chi connectivity index (χ2v) is 3.51. The molecule has 0 aromatic carbocycles. The van der Waals surface area contributed by atoms with E-state index in [0.29, 0.717) is 0 Å². The van der Waals surface area contributed by atoms with Crippen LogP contribution in [-0.4, -0.2) is 16.8 Å². The minimum absolute atomic E-state index is 1.03. The average molecular weight is 220 g/mol. The van der Waals surface area contributed by atoms with Gasteiger partial charge in [0.1, 0.15) is 12.6 Å². The number of hydrogen-bond donors (Lipinski definition) is 0. The van der Waals surface area contributed by atoms with Gasteiger partial charge in [-0.3, -0.25) is 4.98 Å². The second-order valence-electron chi connectivity index (χ2n) is 3.51. The Bertz CT molecular complexity index is 486. The van der Waals surface area contributed by atoms with Crippen molar-refractivity contribution >= 4 is 11.0 Å². The maximum atomic E-state index is 5.30. The fraction of sp³-hybridized carbons (Fsp3) is 0.462. The molecule has 0 aliphatic rings. The molecule has 0 N–H and O–H groups in total. The SMILES string of the molecule is CC.COn1c(C)c(C)c2nc(C)ccc21. The molecule has 0 atom stereocenters. The summed E-state index contributed by atoms with van der Waals surface area (Å²) in [6.07, 6.45) is 0. The first-order valence-corrected chi connectivity index (χ1v) is 5.65. The molecule has 2 heterocycles. The first-order valence-electron chi connectivity index (χ1n) is 5.65. The lowest BCUT2D eigenvalue weighted by Crippen LogP contribution is -2.07. The van der Waals surface area contributed by atoms with Gasteiger partial charge in [0.05, 0.1) is 11.2 Å². The molecular weight excluding hydrogens is 200 g/mol. The van der Waals surface area contributed by atoms with Crippen LogP contribution in [0.15, 0.2) is 12.1 Å². The van der Waals surface area contributed by atoms with E-state index in [1.54, 1.807) is 7.11 Å². The van der Waals surface area contributed by atoms with E-state index in [1.807, 2.05) is 44.6 Å². The van der Waals surface area contributed by atoms with Crippen LogP contribution in [0.5, 0.6) is 0 Å². The van der Waals surface area contributed by atoms with Gasteiger partial charge in [-0.25, -0.2) is 0 Å². The van der Waals surface area contributed by atoms with Crippen LogP contribution in [0, 0.1) is 20.8 Å². The maximum absolute atomic E-state index is 5.30. The van der Waals surface area contributed by atoms with Gasteiger partial charge in [0.15, 0.2) is 0 Å². The summed E-state index contributed by atoms with van der Waals surface area (Å²) in [6, 6.07) is 4.04. The van der Waals surface area contributed by atoms with Gasteiger partial charge in [-0.05, 0) is 38.5 Å². The van der Waals surface area contributed by atoms with Gasteiger partial charge in [-0.2, -0.15) is 4.73 Å². The van der Waals surface area contributed by atoms with Crippen molar-refractivity contribution < 1.29 is 4.84 Å². The molecule has 88 valence electrons. The summed E-state index contributed by atoms with van der Waals surface area (Å²) in [5.74, 6) is 0. The van der Waals surface area contributed by atoms with Gasteiger partial charge >= 0.3 is 0 Å². The minimum atomic E-state index is 1.03. The highest BCUT2D eigenvalue weighted by Gasteiger charge is 2.11. The highest BCUT2D eigenvalue weighted by Crippen LogP contribution is 2.22. The monoisotopic (exact) mass is 220 g/mol. The first-order chi connectivity index (χ1) is 7.65. The normalized spacial score (nSPS) is 9.88. The van der Waals surface area contributed by atoms with Crippen molar-refractivity contribution in [3.05, 3.63) is 29.1 Å². The lowest BCUT2D eigenvalue weighted by atomic mass is 10.2. The molecule has 3 heteroatoms. The Kier molecular flexibility index (Phi) is 3.93. The van der Waals surface area contributed by atoms with Crippen LogP contribution in [0.1, 0.15) is 30.8 Å². The Morgan fingerprint density at radius 2 is 1.75 bits per heavy atom. The molecule has 2 aromatic heterocycles. The van der Waals surface area contributed by atoms with Crippen molar-refractivity contribution in [3.63, 3.8) is 0 Å². The highest BCUT2D eigenvalue weighted by atomic mass is 16.6. The van der Waals surface area contributed by atoms with Crippen molar-refractivity contribution in [2.75, 3.05) is 7.11 Å². The maximum Gasteiger partial charge on any atom is 0.106 e. The molecule has 0 unspecified atom stereocenters. The van der Waals surface area contributed by atoms with Gasteiger partial charge in [-0.1, -0.05) is 13.8 Å². The van der Waals surface area contributed by atoms with Crippen molar-refractivity contribution in [3.8, 4) is 0 Å². The Morgan fingerprint density at radius 1 is 1.12 bits per heavy atom. The molecule has 0 radical (unpaired) electrons. The fourth-order valence-corrected chi connectivity index (χ4v) is 1.73. The van der Waals surface area contributed by atoms with Crippen molar-refractivity contribution in [2.45, 2.75) is 34.6 Å². The van der Waals surface area contributed by atoms with Crippen LogP contribution in [0.3, 0.4) is 0 Å². The van der Waals surface area contributed by atoms with Crippen LogP contribution < -0.4 is 4.84 Å². The van der Waals surface area contributed by atoms with E-state index in [4.69, 9.17) is 4.84 Å². The summed E-state index contributed by atoms with van der Waals surface area (Å²) in [5.41, 5.74) is 5.40. The smallest absolute Gasteiger partial charge is 0.106 e. The predicted molar refractivity (Wildman–Crippen MR) is 67.8 cm³/mol. The van der Waals surface area contributed by atoms with Gasteiger partial charge in [0, 0.05) is 5.69 Å². The molecular formula is C13H20N2O. The third-order valence-corrected chi connectivity index (χ3v) is 2.62. The van der Waals surface area contributed by atoms with E-state index in [2.05, 4.69) is 11.9 Å². The Hall–Kier alpha value is -1.51. The summed E-state index contributed by atoms with van der Waals surface area (Å²) < 4.78 is 1.82. The molecule has 0 fully saturated rings. The van der Waals surface area contributed by atoms with Crippen molar-refractivity contribution in [1.29, 1.82) is 0 Å². The summed E-state index contributed by atoms with van der Waals surface area (Å²) >= 11 is 0. The number of fused-ring (bicyclic) bond motifs is 1. The van der Waals surface area contributed by atoms with Gasteiger partial charge < -0.3 is 4.84 Å². The minimum Gasteiger partial charge on any atom is -0.417 e. The largest absolute Gasteiger partial charge is 0.417 e. The predicted octanol–water partition coefficient (Wildman–Crippen LogP) is 3.05. The lowest BCUT2D eigenvalue weighted by molar-refractivity contribution is 0.173. The summed E-state index contributed by atoms with van der Waals surface area (Å²) in [7, 11) is 1.67. The van der Waals surface area contributed by atoms with Crippen LogP contribution >= 0.6 is 0 Å². The number of aromatic nitrogens is 2. The van der Waals surface area contributed by atoms with Gasteiger partial charge in [0.25, 0.3) is 0 Å². The fourth-order valence-electron chi connectivity index (χ4n) is 1.73. The van der Waals surface area contributed by atoms with Crippen molar-refractivity contribution in [2.24, 2.45) is 0 Å². The molecule has 0 aliphatic heterocycles. The van der Waals surface area contributed by atoms with E-state index < -0.39 is 0 Å². The third kappa shape index (κ3) is 1.90. The molecule has 0 bridgehead atoms.